The first-order valence-electron chi connectivity index (χ1n) is 6.86. The molecular formula is C16H14N4O3. The number of benzene rings is 1. The van der Waals surface area contributed by atoms with Crippen molar-refractivity contribution in [1.29, 1.82) is 0 Å². The number of aromatic nitrogens is 2. The van der Waals surface area contributed by atoms with Gasteiger partial charge in [0.15, 0.2) is 5.76 Å². The number of anilines is 1. The summed E-state index contributed by atoms with van der Waals surface area (Å²) < 4.78 is 5.56. The van der Waals surface area contributed by atoms with Gasteiger partial charge in [0, 0.05) is 5.56 Å². The maximum Gasteiger partial charge on any atom is 0.335 e. The third kappa shape index (κ3) is 3.29. The number of hydrogen-bond acceptors (Lipinski definition) is 5. The molecule has 0 atom stereocenters. The van der Waals surface area contributed by atoms with E-state index in [1.807, 2.05) is 19.1 Å². The number of aryl methyl sites for hydroxylation is 1. The highest BCUT2D eigenvalue weighted by atomic mass is 16.4. The second kappa shape index (κ2) is 6.18. The van der Waals surface area contributed by atoms with Crippen LogP contribution in [0.25, 0.3) is 11.5 Å². The summed E-state index contributed by atoms with van der Waals surface area (Å²) in [7, 11) is 0. The number of nitrogens with one attached hydrogen (secondary N) is 2. The molecule has 0 radical (unpaired) electrons. The van der Waals surface area contributed by atoms with Gasteiger partial charge in [-0.05, 0) is 43.3 Å². The molecule has 0 aliphatic carbocycles. The van der Waals surface area contributed by atoms with Crippen molar-refractivity contribution in [2.45, 2.75) is 6.92 Å². The molecule has 0 fully saturated rings. The zero-order valence-electron chi connectivity index (χ0n) is 12.3. The summed E-state index contributed by atoms with van der Waals surface area (Å²) in [5.41, 5.74) is 5.26. The predicted octanol–water partition coefficient (Wildman–Crippen LogP) is 3.12. The van der Waals surface area contributed by atoms with E-state index in [0.717, 1.165) is 17.0 Å². The van der Waals surface area contributed by atoms with Gasteiger partial charge in [0.1, 0.15) is 11.5 Å². The van der Waals surface area contributed by atoms with Crippen molar-refractivity contribution in [2.75, 3.05) is 5.43 Å². The zero-order chi connectivity index (χ0) is 16.2. The smallest absolute Gasteiger partial charge is 0.335 e. The molecule has 3 N–H and O–H groups in total. The molecule has 0 amide bonds. The van der Waals surface area contributed by atoms with Crippen LogP contribution in [-0.2, 0) is 0 Å². The van der Waals surface area contributed by atoms with Crippen molar-refractivity contribution >= 4 is 17.9 Å². The van der Waals surface area contributed by atoms with Gasteiger partial charge < -0.3 is 9.52 Å². The number of carboxylic acid groups (broad SMARTS) is 1. The molecule has 1 aromatic carbocycles. The summed E-state index contributed by atoms with van der Waals surface area (Å²) in [4.78, 5) is 10.8. The van der Waals surface area contributed by atoms with E-state index in [1.54, 1.807) is 24.5 Å². The second-order valence-electron chi connectivity index (χ2n) is 4.86. The maximum absolute atomic E-state index is 10.8. The molecule has 23 heavy (non-hydrogen) atoms. The number of nitrogens with zero attached hydrogens (tertiary/aromatic N) is 2. The number of hydrogen-bond donors (Lipinski definition) is 3. The van der Waals surface area contributed by atoms with E-state index >= 15 is 0 Å². The number of furan rings is 1. The van der Waals surface area contributed by atoms with Crippen LogP contribution in [0.5, 0.6) is 0 Å². The van der Waals surface area contributed by atoms with Crippen molar-refractivity contribution < 1.29 is 14.3 Å². The molecular weight excluding hydrogens is 296 g/mol. The molecule has 0 spiro atoms. The highest BCUT2D eigenvalue weighted by Gasteiger charge is 2.09. The van der Waals surface area contributed by atoms with Gasteiger partial charge in [0.25, 0.3) is 0 Å². The Morgan fingerprint density at radius 1 is 1.30 bits per heavy atom. The first-order chi connectivity index (χ1) is 11.1. The van der Waals surface area contributed by atoms with Crippen molar-refractivity contribution in [3.05, 3.63) is 59.5 Å². The maximum atomic E-state index is 10.8. The van der Waals surface area contributed by atoms with Crippen LogP contribution in [0.15, 0.2) is 52.1 Å². The normalized spacial score (nSPS) is 11.0. The Balaban J connectivity index is 1.71. The van der Waals surface area contributed by atoms with Gasteiger partial charge in [0.05, 0.1) is 23.7 Å². The average Bonchev–Trinajstić information content (AvgIpc) is 3.16. The summed E-state index contributed by atoms with van der Waals surface area (Å²) in [6, 6.07) is 10.0. The summed E-state index contributed by atoms with van der Waals surface area (Å²) in [5.74, 6) is 0.540. The third-order valence-electron chi connectivity index (χ3n) is 3.18. The molecule has 0 aliphatic rings. The summed E-state index contributed by atoms with van der Waals surface area (Å²) in [5, 5.41) is 19.8. The Morgan fingerprint density at radius 2 is 2.09 bits per heavy atom. The minimum Gasteiger partial charge on any atom is -0.478 e. The first-order valence-corrected chi connectivity index (χ1v) is 6.86. The summed E-state index contributed by atoms with van der Waals surface area (Å²) in [6.07, 6.45) is 3.26. The van der Waals surface area contributed by atoms with Crippen molar-refractivity contribution in [1.82, 2.24) is 10.2 Å². The lowest BCUT2D eigenvalue weighted by Crippen LogP contribution is -1.96. The van der Waals surface area contributed by atoms with E-state index in [1.165, 1.54) is 12.1 Å². The van der Waals surface area contributed by atoms with Gasteiger partial charge in [-0.25, -0.2) is 4.79 Å². The lowest BCUT2D eigenvalue weighted by atomic mass is 10.2. The largest absolute Gasteiger partial charge is 0.478 e. The Hall–Kier alpha value is -3.35. The highest BCUT2D eigenvalue weighted by Crippen LogP contribution is 2.22. The SMILES string of the molecule is Cc1ccc(-c2[nH]ncc2C=NNc2ccc(C(=O)O)cc2)o1. The summed E-state index contributed by atoms with van der Waals surface area (Å²) in [6.45, 7) is 1.87. The van der Waals surface area contributed by atoms with Crippen LogP contribution in [0.2, 0.25) is 0 Å². The highest BCUT2D eigenvalue weighted by molar-refractivity contribution is 5.89. The van der Waals surface area contributed by atoms with Crippen LogP contribution in [0, 0.1) is 6.92 Å². The van der Waals surface area contributed by atoms with E-state index in [-0.39, 0.29) is 5.56 Å². The Bertz CT molecular complexity index is 846. The van der Waals surface area contributed by atoms with Gasteiger partial charge in [-0.1, -0.05) is 0 Å². The molecule has 3 aromatic rings. The second-order valence-corrected chi connectivity index (χ2v) is 4.86. The quantitative estimate of drug-likeness (QED) is 0.496. The Kier molecular flexibility index (Phi) is 3.92. The van der Waals surface area contributed by atoms with Gasteiger partial charge in [-0.2, -0.15) is 10.2 Å². The van der Waals surface area contributed by atoms with E-state index < -0.39 is 5.97 Å². The number of hydrazone groups is 1. The number of carbonyl (C=O) groups is 1. The number of rotatable bonds is 5. The molecule has 0 unspecified atom stereocenters. The topological polar surface area (TPSA) is 104 Å². The van der Waals surface area contributed by atoms with Crippen LogP contribution in [0.4, 0.5) is 5.69 Å². The minimum absolute atomic E-state index is 0.227. The number of aromatic carboxylic acids is 1. The summed E-state index contributed by atoms with van der Waals surface area (Å²) >= 11 is 0. The lowest BCUT2D eigenvalue weighted by Gasteiger charge is -2.00. The Labute approximate surface area is 131 Å². The van der Waals surface area contributed by atoms with Gasteiger partial charge in [0.2, 0.25) is 0 Å². The molecule has 116 valence electrons. The lowest BCUT2D eigenvalue weighted by molar-refractivity contribution is 0.0697. The van der Waals surface area contributed by atoms with Gasteiger partial charge >= 0.3 is 5.97 Å². The van der Waals surface area contributed by atoms with Gasteiger partial charge in [-0.3, -0.25) is 10.5 Å². The van der Waals surface area contributed by atoms with Crippen LogP contribution < -0.4 is 5.43 Å². The van der Waals surface area contributed by atoms with Crippen LogP contribution in [0.3, 0.4) is 0 Å². The molecule has 3 rings (SSSR count). The van der Waals surface area contributed by atoms with E-state index in [9.17, 15) is 4.79 Å². The monoisotopic (exact) mass is 310 g/mol. The number of H-pyrrole nitrogens is 1. The molecule has 7 nitrogen and oxygen atoms in total. The molecule has 0 bridgehead atoms. The zero-order valence-corrected chi connectivity index (χ0v) is 12.3. The number of carboxylic acids is 1. The van der Waals surface area contributed by atoms with Crippen LogP contribution >= 0.6 is 0 Å². The van der Waals surface area contributed by atoms with E-state index in [2.05, 4.69) is 20.7 Å². The fourth-order valence-corrected chi connectivity index (χ4v) is 2.02. The third-order valence-corrected chi connectivity index (χ3v) is 3.18. The minimum atomic E-state index is -0.961. The number of aromatic amines is 1. The fourth-order valence-electron chi connectivity index (χ4n) is 2.02. The molecule has 7 heteroatoms. The average molecular weight is 310 g/mol. The van der Waals surface area contributed by atoms with Crippen LogP contribution in [0.1, 0.15) is 21.7 Å². The predicted molar refractivity (Wildman–Crippen MR) is 85.6 cm³/mol. The van der Waals surface area contributed by atoms with E-state index in [0.29, 0.717) is 11.4 Å². The van der Waals surface area contributed by atoms with Crippen LogP contribution in [-0.4, -0.2) is 27.5 Å². The molecule has 0 saturated heterocycles. The van der Waals surface area contributed by atoms with Crippen molar-refractivity contribution in [3.8, 4) is 11.5 Å². The molecule has 0 aliphatic heterocycles. The van der Waals surface area contributed by atoms with E-state index in [4.69, 9.17) is 9.52 Å². The van der Waals surface area contributed by atoms with Crippen molar-refractivity contribution in [3.63, 3.8) is 0 Å². The van der Waals surface area contributed by atoms with Crippen molar-refractivity contribution in [2.24, 2.45) is 5.10 Å². The molecule has 2 heterocycles. The van der Waals surface area contributed by atoms with Gasteiger partial charge in [-0.15, -0.1) is 0 Å². The Morgan fingerprint density at radius 3 is 2.74 bits per heavy atom. The fraction of sp³-hybridized carbons (Fsp3) is 0.0625. The first kappa shape index (κ1) is 14.6. The molecule has 0 saturated carbocycles. The molecule has 2 aromatic heterocycles. The standard InChI is InChI=1S/C16H14N4O3/c1-10-2-7-14(23-10)15-12(9-18-20-15)8-17-19-13-5-3-11(4-6-13)16(21)22/h2-9,19H,1H3,(H,18,20)(H,21,22).